The third-order valence-corrected chi connectivity index (χ3v) is 4.08. The minimum absolute atomic E-state index is 0.278. The second-order valence-corrected chi connectivity index (χ2v) is 5.82. The highest BCUT2D eigenvalue weighted by atomic mass is 32.2. The standard InChI is InChI=1S/C18H15F3N2OS/c1-4-6-11-25-17-12(3)16(22-15(5-2)23-17)13-7-9-14(10-8-13)24-18(19,20)21/h5,7-10H,2,11H2,1,3H3. The van der Waals surface area contributed by atoms with E-state index in [0.717, 1.165) is 10.6 Å². The van der Waals surface area contributed by atoms with E-state index in [9.17, 15) is 13.2 Å². The van der Waals surface area contributed by atoms with E-state index in [-0.39, 0.29) is 5.75 Å². The van der Waals surface area contributed by atoms with Crippen LogP contribution in [-0.2, 0) is 0 Å². The Morgan fingerprint density at radius 3 is 2.48 bits per heavy atom. The van der Waals surface area contributed by atoms with Gasteiger partial charge < -0.3 is 4.74 Å². The molecule has 0 saturated heterocycles. The van der Waals surface area contributed by atoms with Gasteiger partial charge in [0.1, 0.15) is 10.8 Å². The molecule has 0 N–H and O–H groups in total. The first-order chi connectivity index (χ1) is 11.8. The van der Waals surface area contributed by atoms with Crippen molar-refractivity contribution in [3.05, 3.63) is 42.2 Å². The summed E-state index contributed by atoms with van der Waals surface area (Å²) in [6.45, 7) is 7.31. The molecule has 0 saturated carbocycles. The summed E-state index contributed by atoms with van der Waals surface area (Å²) in [7, 11) is 0. The molecule has 0 aliphatic carbocycles. The van der Waals surface area contributed by atoms with Gasteiger partial charge in [0.2, 0.25) is 0 Å². The van der Waals surface area contributed by atoms with E-state index in [2.05, 4.69) is 33.1 Å². The zero-order chi connectivity index (χ0) is 18.4. The molecule has 0 radical (unpaired) electrons. The molecule has 0 atom stereocenters. The van der Waals surface area contributed by atoms with E-state index < -0.39 is 6.36 Å². The van der Waals surface area contributed by atoms with Crippen LogP contribution in [0, 0.1) is 18.8 Å². The molecule has 0 unspecified atom stereocenters. The molecule has 1 heterocycles. The lowest BCUT2D eigenvalue weighted by Crippen LogP contribution is -2.16. The van der Waals surface area contributed by atoms with Crippen LogP contribution in [0.3, 0.4) is 0 Å². The third kappa shape index (κ3) is 5.26. The highest BCUT2D eigenvalue weighted by Gasteiger charge is 2.31. The first kappa shape index (κ1) is 18.9. The highest BCUT2D eigenvalue weighted by Crippen LogP contribution is 2.31. The Balaban J connectivity index is 2.38. The van der Waals surface area contributed by atoms with Gasteiger partial charge in [-0.15, -0.1) is 19.1 Å². The number of thioether (sulfide) groups is 1. The van der Waals surface area contributed by atoms with Gasteiger partial charge in [0.05, 0.1) is 11.4 Å². The zero-order valence-electron chi connectivity index (χ0n) is 13.6. The molecule has 0 aliphatic rings. The van der Waals surface area contributed by atoms with Crippen molar-refractivity contribution in [2.24, 2.45) is 0 Å². The first-order valence-corrected chi connectivity index (χ1v) is 8.22. The van der Waals surface area contributed by atoms with Crippen LogP contribution in [0.5, 0.6) is 5.75 Å². The van der Waals surface area contributed by atoms with Crippen molar-refractivity contribution in [2.75, 3.05) is 5.75 Å². The zero-order valence-corrected chi connectivity index (χ0v) is 14.5. The Bertz CT molecular complexity index is 821. The maximum absolute atomic E-state index is 12.3. The van der Waals surface area contributed by atoms with Crippen molar-refractivity contribution in [1.29, 1.82) is 0 Å². The molecule has 1 aromatic carbocycles. The van der Waals surface area contributed by atoms with Crippen LogP contribution in [0.1, 0.15) is 18.3 Å². The predicted octanol–water partition coefficient (Wildman–Crippen LogP) is 5.11. The van der Waals surface area contributed by atoms with E-state index in [1.54, 1.807) is 6.92 Å². The average molecular weight is 364 g/mol. The Kier molecular flexibility index (Phi) is 6.10. The molecule has 0 spiro atoms. The summed E-state index contributed by atoms with van der Waals surface area (Å²) in [6, 6.07) is 5.58. The van der Waals surface area contributed by atoms with E-state index in [1.807, 2.05) is 6.92 Å². The largest absolute Gasteiger partial charge is 0.573 e. The summed E-state index contributed by atoms with van der Waals surface area (Å²) in [5.74, 6) is 6.53. The van der Waals surface area contributed by atoms with Gasteiger partial charge >= 0.3 is 6.36 Å². The van der Waals surface area contributed by atoms with E-state index in [1.165, 1.54) is 42.1 Å². The van der Waals surface area contributed by atoms with Crippen LogP contribution in [0.4, 0.5) is 13.2 Å². The van der Waals surface area contributed by atoms with E-state index >= 15 is 0 Å². The van der Waals surface area contributed by atoms with Gasteiger partial charge in [-0.25, -0.2) is 9.97 Å². The molecule has 0 aliphatic heterocycles. The Hall–Kier alpha value is -2.46. The van der Waals surface area contributed by atoms with Crippen molar-refractivity contribution < 1.29 is 17.9 Å². The fraction of sp³-hybridized carbons (Fsp3) is 0.222. The van der Waals surface area contributed by atoms with Crippen molar-refractivity contribution in [3.8, 4) is 28.8 Å². The molecule has 130 valence electrons. The van der Waals surface area contributed by atoms with Crippen LogP contribution < -0.4 is 4.74 Å². The normalized spacial score (nSPS) is 10.8. The maximum atomic E-state index is 12.3. The highest BCUT2D eigenvalue weighted by molar-refractivity contribution is 7.99. The number of ether oxygens (including phenoxy) is 1. The van der Waals surface area contributed by atoms with Gasteiger partial charge in [0.25, 0.3) is 0 Å². The molecule has 7 heteroatoms. The number of halogens is 3. The molecule has 2 rings (SSSR count). The van der Waals surface area contributed by atoms with E-state index in [0.29, 0.717) is 22.8 Å². The molecule has 2 aromatic rings. The Labute approximate surface area is 148 Å². The molecule has 3 nitrogen and oxygen atoms in total. The van der Waals surface area contributed by atoms with Gasteiger partial charge in [-0.05, 0) is 44.2 Å². The number of rotatable bonds is 5. The first-order valence-electron chi connectivity index (χ1n) is 7.23. The molecule has 0 bridgehead atoms. The lowest BCUT2D eigenvalue weighted by molar-refractivity contribution is -0.274. The SMILES string of the molecule is C=Cc1nc(SCC#CC)c(C)c(-c2ccc(OC(F)(F)F)cc2)n1. The summed E-state index contributed by atoms with van der Waals surface area (Å²) in [6.07, 6.45) is -3.19. The van der Waals surface area contributed by atoms with Crippen LogP contribution in [0.15, 0.2) is 35.9 Å². The second-order valence-electron chi connectivity index (χ2n) is 4.85. The van der Waals surface area contributed by atoms with Crippen molar-refractivity contribution in [2.45, 2.75) is 25.2 Å². The minimum Gasteiger partial charge on any atom is -0.406 e. The van der Waals surface area contributed by atoms with Gasteiger partial charge in [-0.3, -0.25) is 0 Å². The topological polar surface area (TPSA) is 35.0 Å². The summed E-state index contributed by atoms with van der Waals surface area (Å²) in [4.78, 5) is 8.82. The summed E-state index contributed by atoms with van der Waals surface area (Å²) >= 11 is 1.48. The fourth-order valence-corrected chi connectivity index (χ4v) is 2.84. The van der Waals surface area contributed by atoms with Crippen molar-refractivity contribution >= 4 is 17.8 Å². The number of nitrogens with zero attached hydrogens (tertiary/aromatic N) is 2. The second kappa shape index (κ2) is 8.08. The molecular weight excluding hydrogens is 349 g/mol. The van der Waals surface area contributed by atoms with Crippen molar-refractivity contribution in [3.63, 3.8) is 0 Å². The number of benzene rings is 1. The monoisotopic (exact) mass is 364 g/mol. The van der Waals surface area contributed by atoms with Gasteiger partial charge in [0.15, 0.2) is 5.82 Å². The summed E-state index contributed by atoms with van der Waals surface area (Å²) in [5, 5.41) is 0.762. The van der Waals surface area contributed by atoms with Crippen LogP contribution in [-0.4, -0.2) is 22.1 Å². The minimum atomic E-state index is -4.72. The lowest BCUT2D eigenvalue weighted by Gasteiger charge is -2.12. The van der Waals surface area contributed by atoms with Gasteiger partial charge in [0, 0.05) is 11.1 Å². The molecular formula is C18H15F3N2OS. The van der Waals surface area contributed by atoms with Crippen LogP contribution in [0.25, 0.3) is 17.3 Å². The number of hydrogen-bond donors (Lipinski definition) is 0. The Morgan fingerprint density at radius 2 is 1.92 bits per heavy atom. The summed E-state index contributed by atoms with van der Waals surface area (Å²) < 4.78 is 40.7. The molecule has 25 heavy (non-hydrogen) atoms. The van der Waals surface area contributed by atoms with Crippen LogP contribution in [0.2, 0.25) is 0 Å². The molecule has 1 aromatic heterocycles. The number of hydrogen-bond acceptors (Lipinski definition) is 4. The lowest BCUT2D eigenvalue weighted by atomic mass is 10.1. The third-order valence-electron chi connectivity index (χ3n) is 3.12. The quantitative estimate of drug-likeness (QED) is 0.420. The predicted molar refractivity (Wildman–Crippen MR) is 93.2 cm³/mol. The van der Waals surface area contributed by atoms with Gasteiger partial charge in [-0.2, -0.15) is 0 Å². The van der Waals surface area contributed by atoms with E-state index in [4.69, 9.17) is 0 Å². The van der Waals surface area contributed by atoms with Crippen molar-refractivity contribution in [1.82, 2.24) is 9.97 Å². The smallest absolute Gasteiger partial charge is 0.406 e. The number of aromatic nitrogens is 2. The number of alkyl halides is 3. The van der Waals surface area contributed by atoms with Crippen LogP contribution >= 0.6 is 11.8 Å². The molecule has 0 fully saturated rings. The fourth-order valence-electron chi connectivity index (χ4n) is 2.02. The van der Waals surface area contributed by atoms with Gasteiger partial charge in [-0.1, -0.05) is 24.3 Å². The average Bonchev–Trinajstić information content (AvgIpc) is 2.56. The summed E-state index contributed by atoms with van der Waals surface area (Å²) in [5.41, 5.74) is 2.13. The Morgan fingerprint density at radius 1 is 1.24 bits per heavy atom. The maximum Gasteiger partial charge on any atom is 0.573 e. The molecule has 0 amide bonds.